The third-order valence-corrected chi connectivity index (χ3v) is 6.26. The zero-order chi connectivity index (χ0) is 24.1. The van der Waals surface area contributed by atoms with Gasteiger partial charge in [0.25, 0.3) is 6.57 Å². The Morgan fingerprint density at radius 3 is 2.24 bits per heavy atom. The summed E-state index contributed by atoms with van der Waals surface area (Å²) in [5.74, 6) is -0.0896. The Bertz CT molecular complexity index is 1310. The quantitative estimate of drug-likeness (QED) is 0.487. The van der Waals surface area contributed by atoms with Crippen LogP contribution in [0.3, 0.4) is 0 Å². The van der Waals surface area contributed by atoms with Gasteiger partial charge in [0.15, 0.2) is 0 Å². The Morgan fingerprint density at radius 1 is 0.971 bits per heavy atom. The molecule has 2 atom stereocenters. The predicted molar refractivity (Wildman–Crippen MR) is 141 cm³/mol. The topological polar surface area (TPSA) is 54.5 Å². The van der Waals surface area contributed by atoms with Crippen molar-refractivity contribution in [2.45, 2.75) is 39.9 Å². The number of rotatable bonds is 6. The maximum Gasteiger partial charge on any atom is 0.343 e. The molecular formula is C29H30N5+. The van der Waals surface area contributed by atoms with Crippen LogP contribution in [0.2, 0.25) is 0 Å². The van der Waals surface area contributed by atoms with Gasteiger partial charge in [-0.3, -0.25) is 15.0 Å². The van der Waals surface area contributed by atoms with Crippen LogP contribution in [0.5, 0.6) is 0 Å². The van der Waals surface area contributed by atoms with Crippen molar-refractivity contribution < 1.29 is 0 Å². The van der Waals surface area contributed by atoms with Gasteiger partial charge in [-0.25, -0.2) is 5.32 Å². The number of aliphatic imine (C=N–C) groups is 1. The number of nitrogens with one attached hydrogen (secondary N) is 1. The third kappa shape index (κ3) is 5.03. The minimum Gasteiger partial charge on any atom is -0.262 e. The molecule has 1 aromatic carbocycles. The van der Waals surface area contributed by atoms with E-state index in [4.69, 9.17) is 11.6 Å². The molecule has 0 saturated heterocycles. The fourth-order valence-electron chi connectivity index (χ4n) is 4.18. The molecule has 0 amide bonds. The number of aryl methyl sites for hydroxylation is 2. The molecule has 1 aliphatic rings. The average Bonchev–Trinajstić information content (AvgIpc) is 2.87. The summed E-state index contributed by atoms with van der Waals surface area (Å²) in [6, 6.07) is 16.7. The minimum atomic E-state index is -0.706. The second-order valence-electron chi connectivity index (χ2n) is 8.77. The molecule has 2 unspecified atom stereocenters. The van der Waals surface area contributed by atoms with Gasteiger partial charge >= 0.3 is 5.66 Å². The molecule has 0 radical (unpaired) electrons. The van der Waals surface area contributed by atoms with Gasteiger partial charge in [0.05, 0.1) is 5.70 Å². The summed E-state index contributed by atoms with van der Waals surface area (Å²) in [7, 11) is 0. The van der Waals surface area contributed by atoms with E-state index >= 15 is 0 Å². The Labute approximate surface area is 201 Å². The van der Waals surface area contributed by atoms with Crippen LogP contribution in [0, 0.1) is 26.3 Å². The summed E-state index contributed by atoms with van der Waals surface area (Å²) >= 11 is 0. The molecule has 0 spiro atoms. The molecule has 0 saturated carbocycles. The van der Waals surface area contributed by atoms with Crippen LogP contribution in [-0.4, -0.2) is 21.8 Å². The fraction of sp³-hybridized carbons (Fsp3) is 0.241. The van der Waals surface area contributed by atoms with E-state index in [-0.39, 0.29) is 5.92 Å². The van der Waals surface area contributed by atoms with Crippen LogP contribution in [-0.2, 0) is 6.54 Å². The first-order valence-corrected chi connectivity index (χ1v) is 11.5. The lowest BCUT2D eigenvalue weighted by atomic mass is 9.85. The van der Waals surface area contributed by atoms with Gasteiger partial charge in [0.1, 0.15) is 5.92 Å². The van der Waals surface area contributed by atoms with Crippen molar-refractivity contribution in [1.82, 2.24) is 15.3 Å². The average molecular weight is 449 g/mol. The number of allylic oxidation sites excluding steroid dienone is 2. The van der Waals surface area contributed by atoms with Crippen molar-refractivity contribution >= 4 is 11.9 Å². The fourth-order valence-corrected chi connectivity index (χ4v) is 4.18. The number of aromatic nitrogens is 2. The van der Waals surface area contributed by atoms with E-state index in [1.54, 1.807) is 0 Å². The molecule has 1 aliphatic heterocycles. The van der Waals surface area contributed by atoms with E-state index in [1.165, 1.54) is 5.56 Å². The van der Waals surface area contributed by atoms with Crippen LogP contribution in [0.25, 0.3) is 21.7 Å². The highest BCUT2D eigenvalue weighted by molar-refractivity contribution is 5.84. The summed E-state index contributed by atoms with van der Waals surface area (Å²) in [6.07, 6.45) is 9.80. The van der Waals surface area contributed by atoms with E-state index < -0.39 is 5.66 Å². The number of hydrogen-bond donors (Lipinski definition) is 1. The molecule has 0 fully saturated rings. The number of benzene rings is 1. The summed E-state index contributed by atoms with van der Waals surface area (Å²) in [4.78, 5) is 17.6. The number of nitrogens with zero attached hydrogens (tertiary/aromatic N) is 4. The monoisotopic (exact) mass is 448 g/mol. The lowest BCUT2D eigenvalue weighted by Gasteiger charge is -2.26. The summed E-state index contributed by atoms with van der Waals surface area (Å²) in [5, 5.41) is 3.56. The van der Waals surface area contributed by atoms with Crippen molar-refractivity contribution in [1.29, 1.82) is 0 Å². The Hall–Kier alpha value is -3.88. The normalized spacial score (nSPS) is 18.3. The van der Waals surface area contributed by atoms with Gasteiger partial charge in [-0.1, -0.05) is 35.2 Å². The Morgan fingerprint density at radius 2 is 1.62 bits per heavy atom. The van der Waals surface area contributed by atoms with Crippen molar-refractivity contribution in [3.05, 3.63) is 106 Å². The molecule has 170 valence electrons. The molecular weight excluding hydrogens is 418 g/mol. The number of hydrogen-bond acceptors (Lipinski definition) is 4. The molecule has 5 heteroatoms. The zero-order valence-corrected chi connectivity index (χ0v) is 20.2. The van der Waals surface area contributed by atoms with Gasteiger partial charge < -0.3 is 0 Å². The molecule has 2 aromatic heterocycles. The first-order valence-electron chi connectivity index (χ1n) is 11.5. The second-order valence-corrected chi connectivity index (χ2v) is 8.77. The molecule has 34 heavy (non-hydrogen) atoms. The largest absolute Gasteiger partial charge is 0.343 e. The van der Waals surface area contributed by atoms with Gasteiger partial charge in [-0.15, -0.1) is 0 Å². The van der Waals surface area contributed by atoms with Gasteiger partial charge in [0, 0.05) is 49.0 Å². The van der Waals surface area contributed by atoms with Crippen molar-refractivity contribution in [3.8, 4) is 17.7 Å². The van der Waals surface area contributed by atoms with Gasteiger partial charge in [-0.05, 0) is 73.4 Å². The maximum atomic E-state index is 5.94. The van der Waals surface area contributed by atoms with Crippen LogP contribution in [0.15, 0.2) is 83.6 Å². The Kier molecular flexibility index (Phi) is 6.81. The maximum absolute atomic E-state index is 5.94. The lowest BCUT2D eigenvalue weighted by Crippen LogP contribution is -2.47. The van der Waals surface area contributed by atoms with E-state index in [0.717, 1.165) is 39.3 Å². The summed E-state index contributed by atoms with van der Waals surface area (Å²) in [5.41, 5.74) is 7.83. The molecule has 1 N–H and O–H groups in total. The van der Waals surface area contributed by atoms with Crippen LogP contribution >= 0.6 is 0 Å². The van der Waals surface area contributed by atoms with Crippen LogP contribution < -0.4 is 5.32 Å². The molecule has 3 aromatic rings. The molecule has 0 aliphatic carbocycles. The van der Waals surface area contributed by atoms with Gasteiger partial charge in [-0.2, -0.15) is 0 Å². The molecule has 0 bridgehead atoms. The van der Waals surface area contributed by atoms with Crippen LogP contribution in [0.1, 0.15) is 36.4 Å². The standard InChI is InChI=1S/C29H30N5/c1-6-23-17-28(26-12-14-32-21(3)16-26)33-19-27(23)29(4,30-5)34-18-22-7-9-24(10-8-22)25-11-13-31-20(2)15-25/h5-17,19,27,34H,18H2,1-4H3/q+1. The Balaban J connectivity index is 1.49. The highest BCUT2D eigenvalue weighted by Gasteiger charge is 2.45. The van der Waals surface area contributed by atoms with Crippen LogP contribution in [0.4, 0.5) is 0 Å². The second kappa shape index (κ2) is 9.94. The van der Waals surface area contributed by atoms with E-state index in [9.17, 15) is 0 Å². The van der Waals surface area contributed by atoms with Gasteiger partial charge in [0.2, 0.25) is 0 Å². The molecule has 3 heterocycles. The lowest BCUT2D eigenvalue weighted by molar-refractivity contribution is 0.386. The SMILES string of the molecule is C#[N+]C(C)(NCc1ccc(-c2ccnc(C)c2)cc1)C1C=NC(c2ccnc(C)c2)=CC1=CC. The van der Waals surface area contributed by atoms with E-state index in [0.29, 0.717) is 6.54 Å². The highest BCUT2D eigenvalue weighted by atomic mass is 15.1. The first kappa shape index (κ1) is 23.3. The smallest absolute Gasteiger partial charge is 0.262 e. The minimum absolute atomic E-state index is 0.0896. The highest BCUT2D eigenvalue weighted by Crippen LogP contribution is 2.33. The van der Waals surface area contributed by atoms with E-state index in [2.05, 4.69) is 62.6 Å². The first-order chi connectivity index (χ1) is 16.4. The third-order valence-electron chi connectivity index (χ3n) is 6.26. The van der Waals surface area contributed by atoms with E-state index in [1.807, 2.05) is 64.5 Å². The molecule has 4 rings (SSSR count). The summed E-state index contributed by atoms with van der Waals surface area (Å²) < 4.78 is 0. The number of pyridine rings is 2. The molecule has 5 nitrogen and oxygen atoms in total. The van der Waals surface area contributed by atoms with Crippen molar-refractivity contribution in [2.75, 3.05) is 0 Å². The predicted octanol–water partition coefficient (Wildman–Crippen LogP) is 6.22. The zero-order valence-electron chi connectivity index (χ0n) is 20.2. The summed E-state index contributed by atoms with van der Waals surface area (Å²) in [6.45, 7) is 14.6. The van der Waals surface area contributed by atoms with Crippen molar-refractivity contribution in [3.63, 3.8) is 0 Å². The van der Waals surface area contributed by atoms with Crippen molar-refractivity contribution in [2.24, 2.45) is 10.9 Å².